The number of imidazole rings is 1. The van der Waals surface area contributed by atoms with Crippen LogP contribution < -0.4 is 0 Å². The van der Waals surface area contributed by atoms with Gasteiger partial charge in [0, 0.05) is 18.6 Å². The van der Waals surface area contributed by atoms with Gasteiger partial charge in [-0.1, -0.05) is 30.3 Å². The number of aromatic amines is 1. The van der Waals surface area contributed by atoms with Gasteiger partial charge < -0.3 is 9.72 Å². The smallest absolute Gasteiger partial charge is 0.330 e. The van der Waals surface area contributed by atoms with Crippen molar-refractivity contribution in [2.24, 2.45) is 0 Å². The summed E-state index contributed by atoms with van der Waals surface area (Å²) in [5.41, 5.74) is 2.87. The highest BCUT2D eigenvalue weighted by molar-refractivity contribution is 5.87. The van der Waals surface area contributed by atoms with Crippen molar-refractivity contribution in [3.8, 4) is 0 Å². The number of nitro groups is 1. The van der Waals surface area contributed by atoms with Gasteiger partial charge in [-0.2, -0.15) is 0 Å². The molecule has 1 heterocycles. The van der Waals surface area contributed by atoms with Gasteiger partial charge in [-0.05, 0) is 30.2 Å². The molecular formula is C19H17N3O4. The number of nitro benzene ring substituents is 1. The van der Waals surface area contributed by atoms with Crippen molar-refractivity contribution in [2.75, 3.05) is 6.61 Å². The number of H-pyrrole nitrogens is 1. The van der Waals surface area contributed by atoms with Gasteiger partial charge >= 0.3 is 5.97 Å². The van der Waals surface area contributed by atoms with Crippen molar-refractivity contribution in [3.05, 3.63) is 75.6 Å². The van der Waals surface area contributed by atoms with Crippen LogP contribution in [0.4, 0.5) is 5.69 Å². The van der Waals surface area contributed by atoms with E-state index >= 15 is 0 Å². The normalized spacial score (nSPS) is 11.1. The number of fused-ring (bicyclic) bond motifs is 1. The molecule has 0 amide bonds. The van der Waals surface area contributed by atoms with Gasteiger partial charge in [0.1, 0.15) is 5.82 Å². The first-order valence-electron chi connectivity index (χ1n) is 8.12. The summed E-state index contributed by atoms with van der Waals surface area (Å²) in [6, 6.07) is 12.5. The summed E-state index contributed by atoms with van der Waals surface area (Å²) in [7, 11) is 0. The van der Waals surface area contributed by atoms with Crippen molar-refractivity contribution in [1.82, 2.24) is 9.97 Å². The molecule has 132 valence electrons. The molecule has 0 radical (unpaired) electrons. The molecular weight excluding hydrogens is 334 g/mol. The minimum absolute atomic E-state index is 0.00977. The standard InChI is InChI=1S/C19H17N3O4/c1-2-26-18(23)11-10-13-6-8-14(9-7-13)12-17-20-15-4-3-5-16(22(24)25)19(15)21-17/h3-11H,2,12H2,1H3,(H,20,21). The number of ether oxygens (including phenoxy) is 1. The minimum Gasteiger partial charge on any atom is -0.463 e. The van der Waals surface area contributed by atoms with E-state index in [-0.39, 0.29) is 11.7 Å². The molecule has 0 aliphatic heterocycles. The third kappa shape index (κ3) is 3.94. The fraction of sp³-hybridized carbons (Fsp3) is 0.158. The van der Waals surface area contributed by atoms with Gasteiger partial charge in [0.15, 0.2) is 5.52 Å². The highest BCUT2D eigenvalue weighted by atomic mass is 16.6. The third-order valence-corrected chi connectivity index (χ3v) is 3.79. The zero-order chi connectivity index (χ0) is 18.5. The number of para-hydroxylation sites is 1. The summed E-state index contributed by atoms with van der Waals surface area (Å²) in [5, 5.41) is 11.1. The van der Waals surface area contributed by atoms with Crippen LogP contribution in [-0.2, 0) is 16.0 Å². The van der Waals surface area contributed by atoms with Gasteiger partial charge in [0.2, 0.25) is 0 Å². The van der Waals surface area contributed by atoms with Crippen LogP contribution >= 0.6 is 0 Å². The maximum atomic E-state index is 11.3. The number of esters is 1. The van der Waals surface area contributed by atoms with Crippen LogP contribution in [0.25, 0.3) is 17.1 Å². The highest BCUT2D eigenvalue weighted by Gasteiger charge is 2.15. The number of non-ortho nitro benzene ring substituents is 1. The maximum absolute atomic E-state index is 11.3. The quantitative estimate of drug-likeness (QED) is 0.316. The Kier molecular flexibility index (Phi) is 5.07. The van der Waals surface area contributed by atoms with Crippen molar-refractivity contribution in [1.29, 1.82) is 0 Å². The second kappa shape index (κ2) is 7.60. The van der Waals surface area contributed by atoms with E-state index in [4.69, 9.17) is 4.74 Å². The molecule has 0 aliphatic rings. The van der Waals surface area contributed by atoms with Crippen molar-refractivity contribution in [2.45, 2.75) is 13.3 Å². The molecule has 0 saturated heterocycles. The molecule has 0 unspecified atom stereocenters. The van der Waals surface area contributed by atoms with E-state index in [0.29, 0.717) is 29.9 Å². The predicted molar refractivity (Wildman–Crippen MR) is 97.7 cm³/mol. The van der Waals surface area contributed by atoms with E-state index in [0.717, 1.165) is 11.1 Å². The molecule has 0 saturated carbocycles. The Hall–Kier alpha value is -3.48. The first-order chi connectivity index (χ1) is 12.6. The number of carbonyl (C=O) groups is 1. The summed E-state index contributed by atoms with van der Waals surface area (Å²) >= 11 is 0. The summed E-state index contributed by atoms with van der Waals surface area (Å²) in [6.45, 7) is 2.10. The monoisotopic (exact) mass is 351 g/mol. The van der Waals surface area contributed by atoms with Crippen LogP contribution in [0.5, 0.6) is 0 Å². The summed E-state index contributed by atoms with van der Waals surface area (Å²) in [4.78, 5) is 29.4. The fourth-order valence-electron chi connectivity index (χ4n) is 2.59. The number of hydrogen-bond donors (Lipinski definition) is 1. The number of aromatic nitrogens is 2. The number of benzene rings is 2. The topological polar surface area (TPSA) is 98.1 Å². The molecule has 3 rings (SSSR count). The molecule has 1 N–H and O–H groups in total. The summed E-state index contributed by atoms with van der Waals surface area (Å²) < 4.78 is 4.84. The van der Waals surface area contributed by atoms with Crippen molar-refractivity contribution < 1.29 is 14.5 Å². The lowest BCUT2D eigenvalue weighted by molar-refractivity contribution is -0.383. The molecule has 0 spiro atoms. The number of carbonyl (C=O) groups excluding carboxylic acids is 1. The maximum Gasteiger partial charge on any atom is 0.330 e. The lowest BCUT2D eigenvalue weighted by Gasteiger charge is -2.00. The molecule has 7 heteroatoms. The molecule has 7 nitrogen and oxygen atoms in total. The van der Waals surface area contributed by atoms with E-state index in [1.807, 2.05) is 24.3 Å². The van der Waals surface area contributed by atoms with Gasteiger partial charge in [-0.25, -0.2) is 9.78 Å². The number of nitrogens with one attached hydrogen (secondary N) is 1. The first kappa shape index (κ1) is 17.3. The van der Waals surface area contributed by atoms with Crippen LogP contribution in [0.1, 0.15) is 23.9 Å². The van der Waals surface area contributed by atoms with Crippen molar-refractivity contribution in [3.63, 3.8) is 0 Å². The highest BCUT2D eigenvalue weighted by Crippen LogP contribution is 2.24. The molecule has 0 bridgehead atoms. The molecule has 1 aromatic heterocycles. The Morgan fingerprint density at radius 1 is 1.27 bits per heavy atom. The van der Waals surface area contributed by atoms with Gasteiger partial charge in [0.25, 0.3) is 5.69 Å². The lowest BCUT2D eigenvalue weighted by Crippen LogP contribution is -1.98. The average molecular weight is 351 g/mol. The number of rotatable bonds is 6. The fourth-order valence-corrected chi connectivity index (χ4v) is 2.59. The average Bonchev–Trinajstić information content (AvgIpc) is 3.03. The Labute approximate surface area is 149 Å². The second-order valence-electron chi connectivity index (χ2n) is 5.62. The van der Waals surface area contributed by atoms with Crippen LogP contribution in [0.15, 0.2) is 48.5 Å². The third-order valence-electron chi connectivity index (χ3n) is 3.79. The van der Waals surface area contributed by atoms with Crippen LogP contribution in [0.2, 0.25) is 0 Å². The Morgan fingerprint density at radius 3 is 2.73 bits per heavy atom. The van der Waals surface area contributed by atoms with E-state index in [2.05, 4.69) is 9.97 Å². The Balaban J connectivity index is 1.75. The van der Waals surface area contributed by atoms with Crippen LogP contribution in [0.3, 0.4) is 0 Å². The predicted octanol–water partition coefficient (Wildman–Crippen LogP) is 3.64. The van der Waals surface area contributed by atoms with Crippen LogP contribution in [-0.4, -0.2) is 27.5 Å². The Morgan fingerprint density at radius 2 is 2.04 bits per heavy atom. The van der Waals surface area contributed by atoms with Gasteiger partial charge in [-0.15, -0.1) is 0 Å². The van der Waals surface area contributed by atoms with Crippen LogP contribution in [0, 0.1) is 10.1 Å². The van der Waals surface area contributed by atoms with Gasteiger partial charge in [0.05, 0.1) is 17.0 Å². The number of hydrogen-bond acceptors (Lipinski definition) is 5. The zero-order valence-corrected chi connectivity index (χ0v) is 14.1. The zero-order valence-electron chi connectivity index (χ0n) is 14.1. The molecule has 2 aromatic carbocycles. The number of nitrogens with zero attached hydrogens (tertiary/aromatic N) is 2. The molecule has 0 atom stereocenters. The molecule has 3 aromatic rings. The summed E-state index contributed by atoms with van der Waals surface area (Å²) in [6.07, 6.45) is 3.59. The first-order valence-corrected chi connectivity index (χ1v) is 8.12. The van der Waals surface area contributed by atoms with Crippen molar-refractivity contribution >= 4 is 28.8 Å². The largest absolute Gasteiger partial charge is 0.463 e. The summed E-state index contributed by atoms with van der Waals surface area (Å²) in [5.74, 6) is 0.282. The second-order valence-corrected chi connectivity index (χ2v) is 5.62. The van der Waals surface area contributed by atoms with E-state index < -0.39 is 4.92 Å². The SMILES string of the molecule is CCOC(=O)C=Cc1ccc(Cc2nc3c([N+](=O)[O-])cccc3[nH]2)cc1. The molecule has 0 fully saturated rings. The minimum atomic E-state index is -0.433. The van der Waals surface area contributed by atoms with Gasteiger partial charge in [-0.3, -0.25) is 10.1 Å². The van der Waals surface area contributed by atoms with E-state index in [9.17, 15) is 14.9 Å². The molecule has 26 heavy (non-hydrogen) atoms. The molecule has 0 aliphatic carbocycles. The lowest BCUT2D eigenvalue weighted by atomic mass is 10.1. The van der Waals surface area contributed by atoms with E-state index in [1.165, 1.54) is 12.1 Å². The Bertz CT molecular complexity index is 974. The van der Waals surface area contributed by atoms with E-state index in [1.54, 1.807) is 25.1 Å².